The number of fused-ring (bicyclic) bond motifs is 1. The molecule has 0 aliphatic carbocycles. The van der Waals surface area contributed by atoms with Gasteiger partial charge in [-0.05, 0) is 43.0 Å². The molecule has 2 nitrogen and oxygen atoms in total. The molecule has 0 bridgehead atoms. The highest BCUT2D eigenvalue weighted by molar-refractivity contribution is 6.36. The smallest absolute Gasteiger partial charge is 0.0657 e. The Labute approximate surface area is 106 Å². The monoisotopic (exact) mass is 258 g/mol. The van der Waals surface area contributed by atoms with Gasteiger partial charge in [-0.1, -0.05) is 23.2 Å². The zero-order valence-electron chi connectivity index (χ0n) is 9.34. The summed E-state index contributed by atoms with van der Waals surface area (Å²) in [5.41, 5.74) is 7.98. The van der Waals surface area contributed by atoms with Crippen LogP contribution in [0.1, 0.15) is 12.0 Å². The molecule has 2 rings (SSSR count). The average molecular weight is 259 g/mol. The third-order valence-corrected chi connectivity index (χ3v) is 3.61. The standard InChI is InChI=1S/C12H16Cl2N2/c1-16-7-8(2-3-15)4-9-5-10(13)6-11(14)12(9)16/h5-6,8H,2-4,7,15H2,1H3. The molecular formula is C12H16Cl2N2. The van der Waals surface area contributed by atoms with E-state index in [1.54, 1.807) is 0 Å². The van der Waals surface area contributed by atoms with Crippen LogP contribution >= 0.6 is 23.2 Å². The summed E-state index contributed by atoms with van der Waals surface area (Å²) in [6.45, 7) is 1.76. The Morgan fingerprint density at radius 3 is 2.88 bits per heavy atom. The molecule has 1 heterocycles. The summed E-state index contributed by atoms with van der Waals surface area (Å²) >= 11 is 12.2. The number of benzene rings is 1. The SMILES string of the molecule is CN1CC(CCN)Cc2cc(Cl)cc(Cl)c21. The number of anilines is 1. The van der Waals surface area contributed by atoms with E-state index >= 15 is 0 Å². The normalized spacial score (nSPS) is 19.8. The van der Waals surface area contributed by atoms with E-state index in [2.05, 4.69) is 11.9 Å². The topological polar surface area (TPSA) is 29.3 Å². The third kappa shape index (κ3) is 2.29. The van der Waals surface area contributed by atoms with E-state index in [0.717, 1.165) is 36.6 Å². The van der Waals surface area contributed by atoms with Crippen molar-refractivity contribution in [1.29, 1.82) is 0 Å². The number of rotatable bonds is 2. The molecule has 1 aromatic rings. The van der Waals surface area contributed by atoms with Crippen molar-refractivity contribution in [2.75, 3.05) is 25.0 Å². The molecule has 0 saturated carbocycles. The zero-order chi connectivity index (χ0) is 11.7. The van der Waals surface area contributed by atoms with Crippen molar-refractivity contribution in [1.82, 2.24) is 0 Å². The average Bonchev–Trinajstić information content (AvgIpc) is 2.15. The molecule has 1 atom stereocenters. The summed E-state index contributed by atoms with van der Waals surface area (Å²) in [7, 11) is 2.07. The maximum absolute atomic E-state index is 6.22. The lowest BCUT2D eigenvalue weighted by molar-refractivity contribution is 0.474. The predicted molar refractivity (Wildman–Crippen MR) is 70.6 cm³/mol. The van der Waals surface area contributed by atoms with Crippen LogP contribution in [0.4, 0.5) is 5.69 Å². The van der Waals surface area contributed by atoms with Gasteiger partial charge >= 0.3 is 0 Å². The molecule has 1 aliphatic rings. The molecule has 0 radical (unpaired) electrons. The minimum atomic E-state index is 0.608. The van der Waals surface area contributed by atoms with Crippen LogP contribution in [0.5, 0.6) is 0 Å². The Morgan fingerprint density at radius 1 is 1.44 bits per heavy atom. The highest BCUT2D eigenvalue weighted by atomic mass is 35.5. The molecule has 0 amide bonds. The summed E-state index contributed by atoms with van der Waals surface area (Å²) < 4.78 is 0. The molecule has 4 heteroatoms. The second-order valence-electron chi connectivity index (χ2n) is 4.42. The van der Waals surface area contributed by atoms with E-state index in [0.29, 0.717) is 10.9 Å². The molecule has 0 spiro atoms. The molecule has 0 fully saturated rings. The highest BCUT2D eigenvalue weighted by Crippen LogP contribution is 2.37. The second kappa shape index (κ2) is 4.82. The fourth-order valence-corrected chi connectivity index (χ4v) is 3.17. The first-order chi connectivity index (χ1) is 7.61. The molecule has 88 valence electrons. The van der Waals surface area contributed by atoms with Crippen LogP contribution in [0.25, 0.3) is 0 Å². The number of hydrogen-bond donors (Lipinski definition) is 1. The summed E-state index contributed by atoms with van der Waals surface area (Å²) in [6, 6.07) is 3.82. The van der Waals surface area contributed by atoms with Crippen LogP contribution in [-0.2, 0) is 6.42 Å². The molecule has 1 aliphatic heterocycles. The van der Waals surface area contributed by atoms with Crippen molar-refractivity contribution in [3.05, 3.63) is 27.7 Å². The van der Waals surface area contributed by atoms with Gasteiger partial charge < -0.3 is 10.6 Å². The van der Waals surface area contributed by atoms with Gasteiger partial charge in [0.25, 0.3) is 0 Å². The fraction of sp³-hybridized carbons (Fsp3) is 0.500. The van der Waals surface area contributed by atoms with E-state index in [-0.39, 0.29) is 0 Å². The summed E-state index contributed by atoms with van der Waals surface area (Å²) in [5.74, 6) is 0.608. The largest absolute Gasteiger partial charge is 0.373 e. The summed E-state index contributed by atoms with van der Waals surface area (Å²) in [4.78, 5) is 2.21. The molecular weight excluding hydrogens is 243 g/mol. The van der Waals surface area contributed by atoms with Gasteiger partial charge in [0.1, 0.15) is 0 Å². The first kappa shape index (κ1) is 12.0. The van der Waals surface area contributed by atoms with Gasteiger partial charge in [0.15, 0.2) is 0 Å². The fourth-order valence-electron chi connectivity index (χ4n) is 2.49. The van der Waals surface area contributed by atoms with Crippen LogP contribution in [0.15, 0.2) is 12.1 Å². The molecule has 0 saturated heterocycles. The Kier molecular flexibility index (Phi) is 3.63. The van der Waals surface area contributed by atoms with E-state index in [1.807, 2.05) is 12.1 Å². The maximum atomic E-state index is 6.22. The van der Waals surface area contributed by atoms with Gasteiger partial charge in [0.2, 0.25) is 0 Å². The Hall–Kier alpha value is -0.440. The van der Waals surface area contributed by atoms with E-state index in [1.165, 1.54) is 5.56 Å². The van der Waals surface area contributed by atoms with Crippen molar-refractivity contribution in [3.8, 4) is 0 Å². The Balaban J connectivity index is 2.34. The van der Waals surface area contributed by atoms with Crippen molar-refractivity contribution >= 4 is 28.9 Å². The van der Waals surface area contributed by atoms with Crippen molar-refractivity contribution in [3.63, 3.8) is 0 Å². The molecule has 1 aromatic carbocycles. The van der Waals surface area contributed by atoms with E-state index in [4.69, 9.17) is 28.9 Å². The minimum Gasteiger partial charge on any atom is -0.373 e. The van der Waals surface area contributed by atoms with Crippen LogP contribution in [0, 0.1) is 5.92 Å². The van der Waals surface area contributed by atoms with Gasteiger partial charge in [-0.15, -0.1) is 0 Å². The van der Waals surface area contributed by atoms with Crippen LogP contribution in [0.2, 0.25) is 10.0 Å². The summed E-state index contributed by atoms with van der Waals surface area (Å²) in [6.07, 6.45) is 2.07. The van der Waals surface area contributed by atoms with Gasteiger partial charge in [-0.25, -0.2) is 0 Å². The van der Waals surface area contributed by atoms with Gasteiger partial charge in [-0.3, -0.25) is 0 Å². The lowest BCUT2D eigenvalue weighted by atomic mass is 9.90. The molecule has 16 heavy (non-hydrogen) atoms. The summed E-state index contributed by atoms with van der Waals surface area (Å²) in [5, 5.41) is 1.46. The van der Waals surface area contributed by atoms with Crippen molar-refractivity contribution in [2.45, 2.75) is 12.8 Å². The predicted octanol–water partition coefficient (Wildman–Crippen LogP) is 2.95. The van der Waals surface area contributed by atoms with Gasteiger partial charge in [0, 0.05) is 18.6 Å². The zero-order valence-corrected chi connectivity index (χ0v) is 10.9. The van der Waals surface area contributed by atoms with Crippen LogP contribution in [-0.4, -0.2) is 20.1 Å². The van der Waals surface area contributed by atoms with E-state index in [9.17, 15) is 0 Å². The van der Waals surface area contributed by atoms with Crippen LogP contribution in [0.3, 0.4) is 0 Å². The lowest BCUT2D eigenvalue weighted by Crippen LogP contribution is -2.33. The molecule has 2 N–H and O–H groups in total. The first-order valence-electron chi connectivity index (χ1n) is 5.51. The number of nitrogens with zero attached hydrogens (tertiary/aromatic N) is 1. The Morgan fingerprint density at radius 2 is 2.19 bits per heavy atom. The lowest BCUT2D eigenvalue weighted by Gasteiger charge is -2.34. The van der Waals surface area contributed by atoms with Crippen molar-refractivity contribution in [2.24, 2.45) is 11.7 Å². The molecule has 0 aromatic heterocycles. The quantitative estimate of drug-likeness (QED) is 0.884. The van der Waals surface area contributed by atoms with Gasteiger partial charge in [0.05, 0.1) is 10.7 Å². The number of halogens is 2. The van der Waals surface area contributed by atoms with Gasteiger partial charge in [-0.2, -0.15) is 0 Å². The third-order valence-electron chi connectivity index (χ3n) is 3.10. The van der Waals surface area contributed by atoms with Crippen molar-refractivity contribution < 1.29 is 0 Å². The Bertz CT molecular complexity index is 393. The van der Waals surface area contributed by atoms with E-state index < -0.39 is 0 Å². The number of nitrogens with two attached hydrogens (primary N) is 1. The number of hydrogen-bond acceptors (Lipinski definition) is 2. The van der Waals surface area contributed by atoms with Crippen LogP contribution < -0.4 is 10.6 Å². The maximum Gasteiger partial charge on any atom is 0.0657 e. The molecule has 1 unspecified atom stereocenters. The second-order valence-corrected chi connectivity index (χ2v) is 5.27. The first-order valence-corrected chi connectivity index (χ1v) is 6.26. The highest BCUT2D eigenvalue weighted by Gasteiger charge is 2.24. The minimum absolute atomic E-state index is 0.608.